The molecule has 13 atom stereocenters. The molecule has 3 saturated heterocycles. The number of thioether (sulfide) groups is 1. The number of aliphatic hydroxyl groups is 4. The first-order chi connectivity index (χ1) is 25.1. The number of Topliss-reactive ketones (excluding diaryl/α,β-unsaturated/α-hetero) is 1. The Morgan fingerprint density at radius 2 is 1.78 bits per heavy atom. The van der Waals surface area contributed by atoms with E-state index in [4.69, 9.17) is 50.8 Å². The minimum absolute atomic E-state index is 0.300. The normalized spacial score (nSPS) is 37.8. The highest BCUT2D eigenvalue weighted by Gasteiger charge is 2.62. The monoisotopic (exact) mass is 806 g/mol. The van der Waals surface area contributed by atoms with Crippen LogP contribution in [-0.4, -0.2) is 157 Å². The molecule has 7 N–H and O–H groups in total. The quantitative estimate of drug-likeness (QED) is 0.0739. The summed E-state index contributed by atoms with van der Waals surface area (Å²) in [6.45, 7) is 8.16. The summed E-state index contributed by atoms with van der Waals surface area (Å²) in [6.07, 6.45) is -15.8. The zero-order valence-electron chi connectivity index (χ0n) is 30.5. The van der Waals surface area contributed by atoms with Gasteiger partial charge in [-0.2, -0.15) is 0 Å². The molecule has 0 spiro atoms. The first kappa shape index (κ1) is 43.4. The molecule has 4 aliphatic rings. The van der Waals surface area contributed by atoms with Crippen LogP contribution in [0.4, 0.5) is 0 Å². The third-order valence-electron chi connectivity index (χ3n) is 9.88. The number of methoxy groups -OCH3 is 1. The van der Waals surface area contributed by atoms with Crippen LogP contribution in [0.15, 0.2) is 11.3 Å². The van der Waals surface area contributed by atoms with Gasteiger partial charge in [-0.3, -0.25) is 19.8 Å². The Bertz CT molecular complexity index is 1570. The summed E-state index contributed by atoms with van der Waals surface area (Å²) in [5, 5.41) is 66.7. The molecule has 13 unspecified atom stereocenters. The number of ketones is 1. The molecular weight excluding hydrogens is 760 g/mol. The number of esters is 3. The minimum Gasteiger partial charge on any atom is -0.508 e. The van der Waals surface area contributed by atoms with Crippen LogP contribution in [0, 0.1) is 11.3 Å². The van der Waals surface area contributed by atoms with Gasteiger partial charge in [0.1, 0.15) is 64.5 Å². The molecule has 0 aromatic carbocycles. The number of ether oxygens (including phenoxy) is 7. The Labute approximate surface area is 319 Å². The zero-order chi connectivity index (χ0) is 40.6. The van der Waals surface area contributed by atoms with Gasteiger partial charge in [-0.05, 0) is 13.8 Å². The molecule has 0 aromatic heterocycles. The maximum atomic E-state index is 13.6. The number of nitrogens with one attached hydrogen (secondary N) is 2. The van der Waals surface area contributed by atoms with Gasteiger partial charge in [0.2, 0.25) is 0 Å². The Morgan fingerprint density at radius 1 is 1.13 bits per heavy atom. The van der Waals surface area contributed by atoms with E-state index in [1.807, 2.05) is 0 Å². The number of carboxylic acid groups (broad SMARTS) is 1. The Balaban J connectivity index is 1.78. The topological polar surface area (TPSA) is 287 Å². The van der Waals surface area contributed by atoms with E-state index in [1.165, 1.54) is 32.7 Å². The summed E-state index contributed by atoms with van der Waals surface area (Å²) < 4.78 is 40.7. The van der Waals surface area contributed by atoms with Gasteiger partial charge in [-0.15, -0.1) is 0 Å². The summed E-state index contributed by atoms with van der Waals surface area (Å²) in [7, 11) is 1.28. The van der Waals surface area contributed by atoms with Crippen LogP contribution in [0.3, 0.4) is 0 Å². The van der Waals surface area contributed by atoms with Crippen molar-refractivity contribution in [2.24, 2.45) is 5.92 Å². The number of carboxylic acids is 1. The molecule has 0 radical (unpaired) electrons. The Hall–Kier alpha value is -3.28. The van der Waals surface area contributed by atoms with Crippen molar-refractivity contribution in [1.82, 2.24) is 5.32 Å². The number of carbonyl (C=O) groups excluding carboxylic acids is 4. The lowest BCUT2D eigenvalue weighted by molar-refractivity contribution is -0.345. The minimum atomic E-state index is -3.00. The van der Waals surface area contributed by atoms with Gasteiger partial charge >= 0.3 is 23.9 Å². The van der Waals surface area contributed by atoms with Gasteiger partial charge in [0.25, 0.3) is 0 Å². The van der Waals surface area contributed by atoms with Crippen molar-refractivity contribution in [3.63, 3.8) is 0 Å². The summed E-state index contributed by atoms with van der Waals surface area (Å²) >= 11 is 6.37. The fourth-order valence-corrected chi connectivity index (χ4v) is 8.25. The molecule has 302 valence electrons. The van der Waals surface area contributed by atoms with E-state index in [-0.39, 0.29) is 6.42 Å². The fourth-order valence-electron chi connectivity index (χ4n) is 6.82. The molecule has 0 amide bonds. The molecule has 3 fully saturated rings. The van der Waals surface area contributed by atoms with E-state index in [0.29, 0.717) is 4.32 Å². The number of thiocarbonyl (C=S) groups is 1. The number of carbonyl (C=O) groups is 5. The highest BCUT2D eigenvalue weighted by Crippen LogP contribution is 2.42. The third kappa shape index (κ3) is 8.43. The predicted octanol–water partition coefficient (Wildman–Crippen LogP) is -0.558. The number of rotatable bonds is 12. The van der Waals surface area contributed by atoms with Crippen LogP contribution in [-0.2, 0) is 57.1 Å². The maximum absolute atomic E-state index is 13.6. The lowest BCUT2D eigenvalue weighted by Crippen LogP contribution is -2.70. The zero-order valence-corrected chi connectivity index (χ0v) is 32.1. The van der Waals surface area contributed by atoms with Crippen molar-refractivity contribution in [3.8, 4) is 0 Å². The van der Waals surface area contributed by atoms with Crippen LogP contribution in [0.5, 0.6) is 0 Å². The molecule has 0 aromatic rings. The fraction of sp³-hybridized carbons (Fsp3) is 0.727. The largest absolute Gasteiger partial charge is 0.508 e. The van der Waals surface area contributed by atoms with E-state index in [9.17, 15) is 49.5 Å². The number of aliphatic hydroxyl groups excluding tert-OH is 2. The van der Waals surface area contributed by atoms with Crippen LogP contribution in [0.1, 0.15) is 54.4 Å². The first-order valence-electron chi connectivity index (χ1n) is 17.0. The molecule has 3 heterocycles. The standard InChI is InChI=1S/C33H46N2O17S2/c1-11(2)29(42)49-14(5)33(45)13(4)48-19(8-18(33)46-7)51-25-23(38)27(32(44)9-16(37)21(34)20(26(32)39)28(40)41)50-17(10-47-15(6)36)24(25)52-30(43)22-12(3)54-31(53)35-22/h11-14,17-19,22-25,27,34,38-39,44-45H,8-10H2,1-7H3,(H,35,53)(H,40,41). The molecule has 4 rings (SSSR count). The van der Waals surface area contributed by atoms with E-state index < -0.39 is 143 Å². The summed E-state index contributed by atoms with van der Waals surface area (Å²) in [5.74, 6) is -7.39. The molecule has 21 heteroatoms. The lowest BCUT2D eigenvalue weighted by atomic mass is 9.74. The van der Waals surface area contributed by atoms with Crippen molar-refractivity contribution in [3.05, 3.63) is 11.3 Å². The lowest BCUT2D eigenvalue weighted by Gasteiger charge is -2.52. The van der Waals surface area contributed by atoms with Crippen LogP contribution in [0.2, 0.25) is 0 Å². The van der Waals surface area contributed by atoms with E-state index in [0.717, 1.165) is 6.92 Å². The first-order valence-corrected chi connectivity index (χ1v) is 18.3. The van der Waals surface area contributed by atoms with Crippen LogP contribution < -0.4 is 5.32 Å². The molecular formula is C33H46N2O17S2. The summed E-state index contributed by atoms with van der Waals surface area (Å²) in [4.78, 5) is 62.9. The summed E-state index contributed by atoms with van der Waals surface area (Å²) in [5.41, 5.74) is -7.31. The van der Waals surface area contributed by atoms with Crippen molar-refractivity contribution in [2.45, 2.75) is 132 Å². The average Bonchev–Trinajstić information content (AvgIpc) is 3.43. The predicted molar refractivity (Wildman–Crippen MR) is 187 cm³/mol. The summed E-state index contributed by atoms with van der Waals surface area (Å²) in [6, 6.07) is -1.00. The van der Waals surface area contributed by atoms with Crippen molar-refractivity contribution >= 4 is 63.7 Å². The Kier molecular flexibility index (Phi) is 13.5. The molecule has 19 nitrogen and oxygen atoms in total. The van der Waals surface area contributed by atoms with Crippen LogP contribution in [0.25, 0.3) is 0 Å². The molecule has 3 aliphatic heterocycles. The molecule has 0 bridgehead atoms. The van der Waals surface area contributed by atoms with Crippen molar-refractivity contribution in [2.75, 3.05) is 13.7 Å². The SMILES string of the molecule is COC1CC(OC2C(O)C(C3(O)CC(=O)C(=N)C(C(=O)O)=C3O)OC(COC(C)=O)C2OC(=O)C2NC(=S)SC2C)OC(C)C1(O)C(C)OC(=O)C(C)C. The van der Waals surface area contributed by atoms with E-state index >= 15 is 0 Å². The highest BCUT2D eigenvalue weighted by atomic mass is 32.2. The van der Waals surface area contributed by atoms with E-state index in [1.54, 1.807) is 20.8 Å². The molecule has 54 heavy (non-hydrogen) atoms. The van der Waals surface area contributed by atoms with Gasteiger partial charge in [-0.25, -0.2) is 9.59 Å². The average molecular weight is 807 g/mol. The molecule has 0 saturated carbocycles. The van der Waals surface area contributed by atoms with Crippen molar-refractivity contribution in [1.29, 1.82) is 5.41 Å². The second-order valence-electron chi connectivity index (χ2n) is 13.8. The van der Waals surface area contributed by atoms with Gasteiger partial charge in [0.05, 0.1) is 24.5 Å². The van der Waals surface area contributed by atoms with Crippen molar-refractivity contribution < 1.29 is 82.7 Å². The van der Waals surface area contributed by atoms with Gasteiger partial charge in [-0.1, -0.05) is 44.8 Å². The van der Waals surface area contributed by atoms with Crippen LogP contribution >= 0.6 is 24.0 Å². The molecule has 1 aliphatic carbocycles. The van der Waals surface area contributed by atoms with E-state index in [2.05, 4.69) is 5.32 Å². The highest BCUT2D eigenvalue weighted by molar-refractivity contribution is 8.23. The third-order valence-corrected chi connectivity index (χ3v) is 11.3. The van der Waals surface area contributed by atoms with Gasteiger partial charge in [0.15, 0.2) is 29.4 Å². The van der Waals surface area contributed by atoms with Gasteiger partial charge < -0.3 is 64.0 Å². The maximum Gasteiger partial charge on any atom is 0.341 e. The number of hydrogen-bond donors (Lipinski definition) is 7. The number of hydrogen-bond acceptors (Lipinski definition) is 19. The van der Waals surface area contributed by atoms with Gasteiger partial charge in [0, 0.05) is 25.7 Å². The second-order valence-corrected chi connectivity index (χ2v) is 15.9. The smallest absolute Gasteiger partial charge is 0.341 e. The Morgan fingerprint density at radius 3 is 2.31 bits per heavy atom. The second kappa shape index (κ2) is 16.8. The number of aliphatic carboxylic acids is 1.